The molecule has 210 valence electrons. The lowest BCUT2D eigenvalue weighted by atomic mass is 9.71. The van der Waals surface area contributed by atoms with E-state index in [1.807, 2.05) is 0 Å². The highest BCUT2D eigenvalue weighted by Crippen LogP contribution is 2.47. The number of aryl methyl sites for hydroxylation is 1. The average molecular weight is 541 g/mol. The van der Waals surface area contributed by atoms with Crippen LogP contribution in [0.3, 0.4) is 0 Å². The minimum atomic E-state index is -0.200. The topological polar surface area (TPSA) is 85.6 Å². The summed E-state index contributed by atoms with van der Waals surface area (Å²) < 4.78 is 6.32. The number of amides is 1. The lowest BCUT2D eigenvalue weighted by molar-refractivity contribution is -0.128. The Kier molecular flexibility index (Phi) is 7.26. The SMILES string of the molecule is C=CC(=O)N1CCN(c2nc(OCC3CCCN3C)nc3c2CCC2(Cc4ccc(C)cc4C2)C3)CC1CC#N. The number of nitriles is 1. The van der Waals surface area contributed by atoms with Gasteiger partial charge in [-0.25, -0.2) is 0 Å². The Hall–Kier alpha value is -3.44. The molecule has 1 amide bonds. The normalized spacial score (nSPS) is 25.9. The third-order valence-corrected chi connectivity index (χ3v) is 9.63. The van der Waals surface area contributed by atoms with Crippen molar-refractivity contribution >= 4 is 11.7 Å². The Labute approximate surface area is 237 Å². The van der Waals surface area contributed by atoms with Crippen molar-refractivity contribution in [1.29, 1.82) is 5.26 Å². The van der Waals surface area contributed by atoms with Crippen molar-refractivity contribution in [3.8, 4) is 12.1 Å². The number of carbonyl (C=O) groups is 1. The van der Waals surface area contributed by atoms with Gasteiger partial charge in [0.2, 0.25) is 5.91 Å². The zero-order valence-electron chi connectivity index (χ0n) is 23.9. The number of aromatic nitrogens is 2. The van der Waals surface area contributed by atoms with Crippen molar-refractivity contribution in [3.05, 3.63) is 58.8 Å². The molecule has 0 radical (unpaired) electrons. The fraction of sp³-hybridized carbons (Fsp3) is 0.562. The van der Waals surface area contributed by atoms with Crippen molar-refractivity contribution in [2.24, 2.45) is 5.41 Å². The third kappa shape index (κ3) is 5.08. The lowest BCUT2D eigenvalue weighted by Gasteiger charge is -2.42. The number of piperazine rings is 1. The average Bonchev–Trinajstić information content (AvgIpc) is 3.52. The van der Waals surface area contributed by atoms with E-state index in [0.717, 1.165) is 56.6 Å². The number of hydrogen-bond acceptors (Lipinski definition) is 7. The molecule has 3 atom stereocenters. The molecule has 1 aromatic heterocycles. The van der Waals surface area contributed by atoms with Gasteiger partial charge in [-0.1, -0.05) is 30.3 Å². The van der Waals surface area contributed by atoms with Crippen LogP contribution < -0.4 is 9.64 Å². The molecule has 6 rings (SSSR count). The quantitative estimate of drug-likeness (QED) is 0.517. The van der Waals surface area contributed by atoms with Crippen LogP contribution in [0.5, 0.6) is 6.01 Å². The van der Waals surface area contributed by atoms with Crippen LogP contribution in [0.4, 0.5) is 5.82 Å². The van der Waals surface area contributed by atoms with Gasteiger partial charge in [-0.05, 0) is 88.1 Å². The molecule has 0 N–H and O–H groups in total. The van der Waals surface area contributed by atoms with Crippen molar-refractivity contribution in [2.75, 3.05) is 44.7 Å². The second-order valence-corrected chi connectivity index (χ2v) is 12.3. The molecule has 1 spiro atoms. The second kappa shape index (κ2) is 10.9. The summed E-state index contributed by atoms with van der Waals surface area (Å²) in [5, 5.41) is 9.51. The second-order valence-electron chi connectivity index (χ2n) is 12.3. The molecular formula is C32H40N6O2. The van der Waals surface area contributed by atoms with E-state index in [4.69, 9.17) is 14.7 Å². The Morgan fingerprint density at radius 1 is 1.20 bits per heavy atom. The van der Waals surface area contributed by atoms with Crippen LogP contribution in [0.2, 0.25) is 0 Å². The zero-order valence-corrected chi connectivity index (χ0v) is 23.9. The van der Waals surface area contributed by atoms with Crippen molar-refractivity contribution in [3.63, 3.8) is 0 Å². The van der Waals surface area contributed by atoms with Crippen LogP contribution >= 0.6 is 0 Å². The molecule has 0 bridgehead atoms. The van der Waals surface area contributed by atoms with E-state index in [-0.39, 0.29) is 23.8 Å². The smallest absolute Gasteiger partial charge is 0.318 e. The highest BCUT2D eigenvalue weighted by Gasteiger charge is 2.42. The van der Waals surface area contributed by atoms with Crippen LogP contribution in [0.1, 0.15) is 53.6 Å². The molecule has 4 aliphatic rings. The number of benzene rings is 1. The molecule has 3 unspecified atom stereocenters. The summed E-state index contributed by atoms with van der Waals surface area (Å²) in [6.07, 6.45) is 9.09. The van der Waals surface area contributed by atoms with E-state index in [2.05, 4.69) is 54.6 Å². The van der Waals surface area contributed by atoms with Gasteiger partial charge >= 0.3 is 6.01 Å². The minimum absolute atomic E-state index is 0.118. The standard InChI is InChI=1S/C32H40N6O2/c1-4-29(39)38-15-14-37(20-25(38)10-12-33)30-27-9-11-32(17-23-8-7-22(2)16-24(23)18-32)19-28(27)34-31(35-30)40-21-26-6-5-13-36(26)3/h4,7-8,16,25-26H,1,5-6,9-11,13-15,17-21H2,2-3H3. The molecule has 2 fully saturated rings. The first-order chi connectivity index (χ1) is 19.4. The van der Waals surface area contributed by atoms with E-state index in [1.165, 1.54) is 34.8 Å². The molecule has 8 nitrogen and oxygen atoms in total. The van der Waals surface area contributed by atoms with Gasteiger partial charge in [0.15, 0.2) is 0 Å². The summed E-state index contributed by atoms with van der Waals surface area (Å²) in [6.45, 7) is 9.29. The van der Waals surface area contributed by atoms with Gasteiger partial charge in [-0.15, -0.1) is 0 Å². The summed E-state index contributed by atoms with van der Waals surface area (Å²) in [5.74, 6) is 0.807. The lowest BCUT2D eigenvalue weighted by Crippen LogP contribution is -2.55. The summed E-state index contributed by atoms with van der Waals surface area (Å²) in [4.78, 5) is 29.0. The number of fused-ring (bicyclic) bond motifs is 2. The first-order valence-electron chi connectivity index (χ1n) is 14.7. The summed E-state index contributed by atoms with van der Waals surface area (Å²) in [5.41, 5.74) is 6.80. The minimum Gasteiger partial charge on any atom is -0.462 e. The molecule has 2 aromatic rings. The Morgan fingerprint density at radius 2 is 2.05 bits per heavy atom. The van der Waals surface area contributed by atoms with Gasteiger partial charge in [0.05, 0.1) is 24.2 Å². The molecule has 2 saturated heterocycles. The first kappa shape index (κ1) is 26.8. The fourth-order valence-electron chi connectivity index (χ4n) is 7.42. The Balaban J connectivity index is 1.31. The largest absolute Gasteiger partial charge is 0.462 e. The number of ether oxygens (including phenoxy) is 1. The van der Waals surface area contributed by atoms with Crippen molar-refractivity contribution in [2.45, 2.75) is 70.4 Å². The summed E-state index contributed by atoms with van der Waals surface area (Å²) in [6, 6.07) is 9.82. The molecule has 3 heterocycles. The fourth-order valence-corrected chi connectivity index (χ4v) is 7.42. The maximum Gasteiger partial charge on any atom is 0.318 e. The van der Waals surface area contributed by atoms with Gasteiger partial charge in [0, 0.05) is 31.2 Å². The van der Waals surface area contributed by atoms with E-state index < -0.39 is 0 Å². The van der Waals surface area contributed by atoms with Crippen molar-refractivity contribution < 1.29 is 9.53 Å². The van der Waals surface area contributed by atoms with E-state index >= 15 is 0 Å². The molecule has 2 aliphatic heterocycles. The van der Waals surface area contributed by atoms with Crippen LogP contribution in [0, 0.1) is 23.7 Å². The molecule has 40 heavy (non-hydrogen) atoms. The van der Waals surface area contributed by atoms with Gasteiger partial charge in [0.1, 0.15) is 12.4 Å². The van der Waals surface area contributed by atoms with Crippen LogP contribution in [-0.2, 0) is 30.5 Å². The molecule has 2 aliphatic carbocycles. The third-order valence-electron chi connectivity index (χ3n) is 9.63. The van der Waals surface area contributed by atoms with E-state index in [9.17, 15) is 10.1 Å². The van der Waals surface area contributed by atoms with Gasteiger partial charge in [-0.3, -0.25) is 4.79 Å². The number of nitrogens with zero attached hydrogens (tertiary/aromatic N) is 6. The van der Waals surface area contributed by atoms with Crippen LogP contribution in [0.15, 0.2) is 30.9 Å². The number of anilines is 1. The predicted octanol–water partition coefficient (Wildman–Crippen LogP) is 3.65. The predicted molar refractivity (Wildman–Crippen MR) is 154 cm³/mol. The van der Waals surface area contributed by atoms with Gasteiger partial charge in [-0.2, -0.15) is 15.2 Å². The first-order valence-corrected chi connectivity index (χ1v) is 14.7. The van der Waals surface area contributed by atoms with Crippen LogP contribution in [0.25, 0.3) is 0 Å². The molecule has 8 heteroatoms. The van der Waals surface area contributed by atoms with E-state index in [1.54, 1.807) is 4.90 Å². The van der Waals surface area contributed by atoms with Crippen molar-refractivity contribution in [1.82, 2.24) is 19.8 Å². The van der Waals surface area contributed by atoms with E-state index in [0.29, 0.717) is 38.3 Å². The maximum absolute atomic E-state index is 12.5. The number of likely N-dealkylation sites (N-methyl/N-ethyl adjacent to an activating group) is 1. The molecule has 1 aromatic carbocycles. The zero-order chi connectivity index (χ0) is 27.9. The number of rotatable bonds is 6. The van der Waals surface area contributed by atoms with Crippen LogP contribution in [-0.4, -0.2) is 77.6 Å². The highest BCUT2D eigenvalue weighted by atomic mass is 16.5. The highest BCUT2D eigenvalue weighted by molar-refractivity contribution is 5.87. The monoisotopic (exact) mass is 540 g/mol. The number of carbonyl (C=O) groups excluding carboxylic acids is 1. The number of likely N-dealkylation sites (tertiary alicyclic amines) is 1. The maximum atomic E-state index is 12.5. The Bertz CT molecular complexity index is 1350. The van der Waals surface area contributed by atoms with Gasteiger partial charge in [0.25, 0.3) is 0 Å². The summed E-state index contributed by atoms with van der Waals surface area (Å²) in [7, 11) is 2.16. The molecular weight excluding hydrogens is 500 g/mol. The number of hydrogen-bond donors (Lipinski definition) is 0. The summed E-state index contributed by atoms with van der Waals surface area (Å²) >= 11 is 0. The molecule has 0 saturated carbocycles. The van der Waals surface area contributed by atoms with Gasteiger partial charge < -0.3 is 19.4 Å². The Morgan fingerprint density at radius 3 is 2.83 bits per heavy atom.